The van der Waals surface area contributed by atoms with Gasteiger partial charge in [0.2, 0.25) is 0 Å². The second-order valence-corrected chi connectivity index (χ2v) is 2.77. The molecular formula is C10H13NO2. The fraction of sp³-hybridized carbons (Fsp3) is 0.300. The van der Waals surface area contributed by atoms with Crippen molar-refractivity contribution in [1.82, 2.24) is 0 Å². The number of carbonyl (C=O) groups is 1. The highest BCUT2D eigenvalue weighted by Crippen LogP contribution is 2.15. The van der Waals surface area contributed by atoms with Gasteiger partial charge in [0.1, 0.15) is 0 Å². The molecule has 1 rings (SSSR count). The van der Waals surface area contributed by atoms with Gasteiger partial charge in [0.05, 0.1) is 12.7 Å². The van der Waals surface area contributed by atoms with E-state index < -0.39 is 0 Å². The zero-order valence-electron chi connectivity index (χ0n) is 7.83. The highest BCUT2D eigenvalue weighted by molar-refractivity contribution is 5.95. The monoisotopic (exact) mass is 179 g/mol. The molecule has 0 aromatic heterocycles. The van der Waals surface area contributed by atoms with Crippen molar-refractivity contribution >= 4 is 11.7 Å². The first-order valence-electron chi connectivity index (χ1n) is 4.15. The van der Waals surface area contributed by atoms with Gasteiger partial charge in [-0.3, -0.25) is 0 Å². The Hall–Kier alpha value is -1.51. The second kappa shape index (κ2) is 3.94. The molecule has 0 amide bonds. The topological polar surface area (TPSA) is 52.3 Å². The van der Waals surface area contributed by atoms with Gasteiger partial charge >= 0.3 is 5.97 Å². The molecule has 0 unspecified atom stereocenters. The Labute approximate surface area is 77.5 Å². The second-order valence-electron chi connectivity index (χ2n) is 2.77. The van der Waals surface area contributed by atoms with Crippen LogP contribution in [0.1, 0.15) is 22.8 Å². The molecule has 0 saturated heterocycles. The number of anilines is 1. The van der Waals surface area contributed by atoms with Crippen LogP contribution >= 0.6 is 0 Å². The highest BCUT2D eigenvalue weighted by atomic mass is 16.5. The van der Waals surface area contributed by atoms with Crippen LogP contribution < -0.4 is 5.73 Å². The Kier molecular flexibility index (Phi) is 2.90. The van der Waals surface area contributed by atoms with Crippen molar-refractivity contribution in [2.45, 2.75) is 13.3 Å². The summed E-state index contributed by atoms with van der Waals surface area (Å²) < 4.78 is 4.57. The van der Waals surface area contributed by atoms with Crippen LogP contribution in [0.2, 0.25) is 0 Å². The number of nitrogens with two attached hydrogens (primary N) is 1. The SMILES string of the molecule is CCc1ccc(C(=O)OC)c(N)c1. The first kappa shape index (κ1) is 9.58. The molecule has 13 heavy (non-hydrogen) atoms. The zero-order valence-corrected chi connectivity index (χ0v) is 7.83. The third-order valence-electron chi connectivity index (χ3n) is 1.93. The zero-order chi connectivity index (χ0) is 9.84. The standard InChI is InChI=1S/C10H13NO2/c1-3-7-4-5-8(9(11)6-7)10(12)13-2/h4-6H,3,11H2,1-2H3. The summed E-state index contributed by atoms with van der Waals surface area (Å²) in [6, 6.07) is 5.37. The molecule has 0 saturated carbocycles. The van der Waals surface area contributed by atoms with Crippen LogP contribution in [-0.2, 0) is 11.2 Å². The molecule has 0 aliphatic heterocycles. The molecule has 1 aromatic carbocycles. The molecule has 0 fully saturated rings. The van der Waals surface area contributed by atoms with Gasteiger partial charge in [-0.25, -0.2) is 4.79 Å². The van der Waals surface area contributed by atoms with Crippen LogP contribution in [0.3, 0.4) is 0 Å². The van der Waals surface area contributed by atoms with E-state index in [-0.39, 0.29) is 5.97 Å². The van der Waals surface area contributed by atoms with Crippen LogP contribution in [0.25, 0.3) is 0 Å². The average Bonchev–Trinajstić information content (AvgIpc) is 2.16. The highest BCUT2D eigenvalue weighted by Gasteiger charge is 2.08. The van der Waals surface area contributed by atoms with Gasteiger partial charge in [0.25, 0.3) is 0 Å². The fourth-order valence-corrected chi connectivity index (χ4v) is 1.13. The summed E-state index contributed by atoms with van der Waals surface area (Å²) in [6.07, 6.45) is 0.908. The van der Waals surface area contributed by atoms with E-state index in [1.165, 1.54) is 7.11 Å². The number of hydrogen-bond acceptors (Lipinski definition) is 3. The molecule has 0 aliphatic carbocycles. The van der Waals surface area contributed by atoms with Crippen LogP contribution in [0.4, 0.5) is 5.69 Å². The van der Waals surface area contributed by atoms with Crippen LogP contribution in [-0.4, -0.2) is 13.1 Å². The van der Waals surface area contributed by atoms with Gasteiger partial charge in [-0.15, -0.1) is 0 Å². The molecule has 0 heterocycles. The number of esters is 1. The maximum absolute atomic E-state index is 11.1. The molecule has 3 nitrogen and oxygen atoms in total. The number of ether oxygens (including phenoxy) is 1. The molecule has 0 bridgehead atoms. The number of carbonyl (C=O) groups excluding carboxylic acids is 1. The lowest BCUT2D eigenvalue weighted by Gasteiger charge is -2.04. The first-order chi connectivity index (χ1) is 6.19. The summed E-state index contributed by atoms with van der Waals surface area (Å²) in [5.74, 6) is -0.389. The van der Waals surface area contributed by atoms with E-state index in [0.717, 1.165) is 12.0 Å². The quantitative estimate of drug-likeness (QED) is 0.554. The number of aryl methyl sites for hydroxylation is 1. The van der Waals surface area contributed by atoms with Crippen molar-refractivity contribution in [3.8, 4) is 0 Å². The molecular weight excluding hydrogens is 166 g/mol. The third-order valence-corrected chi connectivity index (χ3v) is 1.93. The lowest BCUT2D eigenvalue weighted by Crippen LogP contribution is -2.05. The normalized spacial score (nSPS) is 9.69. The minimum absolute atomic E-state index is 0.389. The van der Waals surface area contributed by atoms with E-state index in [4.69, 9.17) is 5.73 Å². The van der Waals surface area contributed by atoms with Crippen molar-refractivity contribution in [2.24, 2.45) is 0 Å². The van der Waals surface area contributed by atoms with Crippen molar-refractivity contribution in [2.75, 3.05) is 12.8 Å². The van der Waals surface area contributed by atoms with E-state index in [0.29, 0.717) is 11.3 Å². The molecule has 0 radical (unpaired) electrons. The Bertz CT molecular complexity index is 321. The van der Waals surface area contributed by atoms with E-state index >= 15 is 0 Å². The van der Waals surface area contributed by atoms with Crippen molar-refractivity contribution in [1.29, 1.82) is 0 Å². The number of nitrogen functional groups attached to an aromatic ring is 1. The smallest absolute Gasteiger partial charge is 0.339 e. The summed E-state index contributed by atoms with van der Waals surface area (Å²) in [5, 5.41) is 0. The van der Waals surface area contributed by atoms with Gasteiger partial charge in [-0.05, 0) is 24.1 Å². The Morgan fingerprint density at radius 1 is 1.54 bits per heavy atom. The van der Waals surface area contributed by atoms with Crippen LogP contribution in [0.15, 0.2) is 18.2 Å². The van der Waals surface area contributed by atoms with Gasteiger partial charge < -0.3 is 10.5 Å². The van der Waals surface area contributed by atoms with Gasteiger partial charge in [0, 0.05) is 5.69 Å². The maximum Gasteiger partial charge on any atom is 0.339 e. The first-order valence-corrected chi connectivity index (χ1v) is 4.15. The molecule has 0 spiro atoms. The summed E-state index contributed by atoms with van der Waals surface area (Å²) in [7, 11) is 1.34. The number of benzene rings is 1. The summed E-state index contributed by atoms with van der Waals surface area (Å²) in [5.41, 5.74) is 7.70. The maximum atomic E-state index is 11.1. The van der Waals surface area contributed by atoms with Crippen molar-refractivity contribution in [3.63, 3.8) is 0 Å². The summed E-state index contributed by atoms with van der Waals surface area (Å²) in [6.45, 7) is 2.03. The van der Waals surface area contributed by atoms with E-state index in [9.17, 15) is 4.79 Å². The summed E-state index contributed by atoms with van der Waals surface area (Å²) >= 11 is 0. The van der Waals surface area contributed by atoms with E-state index in [2.05, 4.69) is 4.74 Å². The Balaban J connectivity index is 3.05. The van der Waals surface area contributed by atoms with Gasteiger partial charge in [-0.1, -0.05) is 13.0 Å². The average molecular weight is 179 g/mol. The van der Waals surface area contributed by atoms with Gasteiger partial charge in [0.15, 0.2) is 0 Å². The predicted molar refractivity (Wildman–Crippen MR) is 51.6 cm³/mol. The Morgan fingerprint density at radius 2 is 2.23 bits per heavy atom. The lowest BCUT2D eigenvalue weighted by atomic mass is 10.1. The predicted octanol–water partition coefficient (Wildman–Crippen LogP) is 1.62. The van der Waals surface area contributed by atoms with Crippen molar-refractivity contribution < 1.29 is 9.53 Å². The number of hydrogen-bond donors (Lipinski definition) is 1. The van der Waals surface area contributed by atoms with Crippen LogP contribution in [0, 0.1) is 0 Å². The third kappa shape index (κ3) is 1.99. The minimum atomic E-state index is -0.389. The number of rotatable bonds is 2. The van der Waals surface area contributed by atoms with Crippen molar-refractivity contribution in [3.05, 3.63) is 29.3 Å². The van der Waals surface area contributed by atoms with E-state index in [1.54, 1.807) is 12.1 Å². The fourth-order valence-electron chi connectivity index (χ4n) is 1.13. The molecule has 2 N–H and O–H groups in total. The van der Waals surface area contributed by atoms with Crippen LogP contribution in [0.5, 0.6) is 0 Å². The lowest BCUT2D eigenvalue weighted by molar-refractivity contribution is 0.0602. The summed E-state index contributed by atoms with van der Waals surface area (Å²) in [4.78, 5) is 11.1. The Morgan fingerprint density at radius 3 is 2.69 bits per heavy atom. The molecule has 3 heteroatoms. The largest absolute Gasteiger partial charge is 0.465 e. The van der Waals surface area contributed by atoms with E-state index in [1.807, 2.05) is 13.0 Å². The molecule has 0 aliphatic rings. The van der Waals surface area contributed by atoms with Gasteiger partial charge in [-0.2, -0.15) is 0 Å². The molecule has 70 valence electrons. The molecule has 0 atom stereocenters. The minimum Gasteiger partial charge on any atom is -0.465 e. The number of methoxy groups -OCH3 is 1. The molecule has 1 aromatic rings.